The molecule has 3 nitrogen and oxygen atoms in total. The van der Waals surface area contributed by atoms with Crippen LogP contribution < -0.4 is 0 Å². The summed E-state index contributed by atoms with van der Waals surface area (Å²) < 4.78 is 0. The Hall–Kier alpha value is -2.13. The van der Waals surface area contributed by atoms with Gasteiger partial charge in [-0.25, -0.2) is 4.98 Å². The Morgan fingerprint density at radius 3 is 3.00 bits per heavy atom. The molecule has 2 aromatic rings. The molecular weight excluding hydrogens is 294 g/mol. The molecule has 1 aromatic heterocycles. The lowest BCUT2D eigenvalue weighted by Gasteiger charge is -2.26. The van der Waals surface area contributed by atoms with Crippen LogP contribution in [0.25, 0.3) is 16.6 Å². The molecule has 0 amide bonds. The number of fused-ring (bicyclic) bond motifs is 2. The average Bonchev–Trinajstić information content (AvgIpc) is 2.88. The van der Waals surface area contributed by atoms with Crippen molar-refractivity contribution in [3.63, 3.8) is 0 Å². The van der Waals surface area contributed by atoms with Crippen LogP contribution in [0.15, 0.2) is 48.3 Å². The number of hydrogen-bond donors (Lipinski definition) is 0. The van der Waals surface area contributed by atoms with Gasteiger partial charge in [0.25, 0.3) is 0 Å². The Bertz CT molecular complexity index is 864. The van der Waals surface area contributed by atoms with Gasteiger partial charge < -0.3 is 4.90 Å². The summed E-state index contributed by atoms with van der Waals surface area (Å²) in [5, 5.41) is 0.703. The minimum atomic E-state index is 0.409. The monoisotopic (exact) mass is 309 g/mol. The lowest BCUT2D eigenvalue weighted by atomic mass is 9.89. The maximum Gasteiger partial charge on any atom is 0.0966 e. The van der Waals surface area contributed by atoms with Crippen LogP contribution in [-0.4, -0.2) is 28.0 Å². The molecule has 0 radical (unpaired) electrons. The molecule has 1 aliphatic carbocycles. The minimum Gasteiger partial charge on any atom is -0.373 e. The number of rotatable bonds is 1. The highest BCUT2D eigenvalue weighted by Gasteiger charge is 2.26. The summed E-state index contributed by atoms with van der Waals surface area (Å²) in [6.07, 6.45) is 11.4. The highest BCUT2D eigenvalue weighted by atomic mass is 35.5. The summed E-state index contributed by atoms with van der Waals surface area (Å²) in [5.41, 5.74) is 6.41. The van der Waals surface area contributed by atoms with Crippen molar-refractivity contribution in [1.82, 2.24) is 14.9 Å². The van der Waals surface area contributed by atoms with Crippen LogP contribution in [0.4, 0.5) is 0 Å². The van der Waals surface area contributed by atoms with Gasteiger partial charge in [-0.3, -0.25) is 4.98 Å². The highest BCUT2D eigenvalue weighted by Crippen LogP contribution is 2.36. The fourth-order valence-corrected chi connectivity index (χ4v) is 3.38. The van der Waals surface area contributed by atoms with Crippen molar-refractivity contribution >= 4 is 28.2 Å². The molecule has 22 heavy (non-hydrogen) atoms. The Balaban J connectivity index is 1.88. The minimum absolute atomic E-state index is 0.409. The van der Waals surface area contributed by atoms with Crippen molar-refractivity contribution in [2.45, 2.75) is 19.4 Å². The zero-order chi connectivity index (χ0) is 15.3. The zero-order valence-corrected chi connectivity index (χ0v) is 13.3. The van der Waals surface area contributed by atoms with E-state index in [0.29, 0.717) is 11.1 Å². The van der Waals surface area contributed by atoms with Gasteiger partial charge >= 0.3 is 0 Å². The Morgan fingerprint density at radius 1 is 1.27 bits per heavy atom. The predicted octanol–water partition coefficient (Wildman–Crippen LogP) is 4.13. The predicted molar refractivity (Wildman–Crippen MR) is 90.7 cm³/mol. The van der Waals surface area contributed by atoms with Crippen molar-refractivity contribution in [2.75, 3.05) is 7.05 Å². The Morgan fingerprint density at radius 2 is 2.14 bits per heavy atom. The molecule has 0 N–H and O–H groups in total. The molecule has 0 saturated carbocycles. The quantitative estimate of drug-likeness (QED) is 0.793. The summed E-state index contributed by atoms with van der Waals surface area (Å²) in [5.74, 6) is 0. The van der Waals surface area contributed by atoms with E-state index in [-0.39, 0.29) is 0 Å². The number of nitrogens with zero attached hydrogens (tertiary/aromatic N) is 3. The largest absolute Gasteiger partial charge is 0.373 e. The van der Waals surface area contributed by atoms with E-state index in [0.717, 1.165) is 28.7 Å². The molecule has 4 heteroatoms. The van der Waals surface area contributed by atoms with Gasteiger partial charge in [0.15, 0.2) is 0 Å². The first-order valence-electron chi connectivity index (χ1n) is 7.36. The number of hydrogen-bond acceptors (Lipinski definition) is 3. The second-order valence-corrected chi connectivity index (χ2v) is 6.33. The smallest absolute Gasteiger partial charge is 0.0966 e. The first-order valence-corrected chi connectivity index (χ1v) is 7.74. The van der Waals surface area contributed by atoms with E-state index >= 15 is 0 Å². The van der Waals surface area contributed by atoms with E-state index in [9.17, 15) is 0 Å². The SMILES string of the molecule is Cc1cnc2cc(Cl)cc(C3=CC=C4C=CN(C)C4C3)c2n1. The van der Waals surface area contributed by atoms with E-state index in [1.807, 2.05) is 19.1 Å². The molecule has 4 rings (SSSR count). The van der Waals surface area contributed by atoms with Gasteiger partial charge in [-0.15, -0.1) is 0 Å². The van der Waals surface area contributed by atoms with Gasteiger partial charge in [-0.2, -0.15) is 0 Å². The van der Waals surface area contributed by atoms with Crippen LogP contribution in [0.1, 0.15) is 17.7 Å². The summed E-state index contributed by atoms with van der Waals surface area (Å²) in [6, 6.07) is 4.29. The molecule has 1 unspecified atom stereocenters. The van der Waals surface area contributed by atoms with E-state index in [4.69, 9.17) is 11.6 Å². The van der Waals surface area contributed by atoms with Crippen LogP contribution in [0.2, 0.25) is 5.02 Å². The molecule has 1 atom stereocenters. The number of allylic oxidation sites excluding steroid dienone is 2. The summed E-state index contributed by atoms with van der Waals surface area (Å²) in [7, 11) is 2.12. The molecule has 2 aliphatic rings. The van der Waals surface area contributed by atoms with E-state index in [1.165, 1.54) is 11.1 Å². The van der Waals surface area contributed by atoms with Crippen LogP contribution in [-0.2, 0) is 0 Å². The van der Waals surface area contributed by atoms with Crippen molar-refractivity contribution < 1.29 is 0 Å². The first-order chi connectivity index (χ1) is 10.6. The third kappa shape index (κ3) is 2.13. The number of aromatic nitrogens is 2. The van der Waals surface area contributed by atoms with Crippen LogP contribution in [0.5, 0.6) is 0 Å². The van der Waals surface area contributed by atoms with Gasteiger partial charge in [-0.05, 0) is 48.9 Å². The fraction of sp³-hybridized carbons (Fsp3) is 0.222. The zero-order valence-electron chi connectivity index (χ0n) is 12.5. The summed E-state index contributed by atoms with van der Waals surface area (Å²) in [6.45, 7) is 1.97. The maximum atomic E-state index is 6.29. The maximum absolute atomic E-state index is 6.29. The topological polar surface area (TPSA) is 29.0 Å². The van der Waals surface area contributed by atoms with Gasteiger partial charge in [0.1, 0.15) is 0 Å². The van der Waals surface area contributed by atoms with Crippen LogP contribution in [0, 0.1) is 6.92 Å². The normalized spacial score (nSPS) is 20.1. The van der Waals surface area contributed by atoms with Crippen molar-refractivity contribution in [2.24, 2.45) is 0 Å². The summed E-state index contributed by atoms with van der Waals surface area (Å²) in [4.78, 5) is 11.4. The third-order valence-electron chi connectivity index (χ3n) is 4.35. The Labute approximate surface area is 134 Å². The second kappa shape index (κ2) is 4.96. The number of aryl methyl sites for hydroxylation is 1. The first kappa shape index (κ1) is 13.5. The number of benzene rings is 1. The van der Waals surface area contributed by atoms with Crippen LogP contribution >= 0.6 is 11.6 Å². The number of likely N-dealkylation sites (N-methyl/N-ethyl adjacent to an activating group) is 1. The van der Waals surface area contributed by atoms with Crippen molar-refractivity contribution in [1.29, 1.82) is 0 Å². The van der Waals surface area contributed by atoms with Gasteiger partial charge in [0, 0.05) is 23.8 Å². The molecule has 0 saturated heterocycles. The Kier molecular flexibility index (Phi) is 3.05. The van der Waals surface area contributed by atoms with E-state index < -0.39 is 0 Å². The molecular formula is C18H16ClN3. The van der Waals surface area contributed by atoms with Gasteiger partial charge in [0.2, 0.25) is 0 Å². The van der Waals surface area contributed by atoms with Gasteiger partial charge in [0.05, 0.1) is 22.8 Å². The van der Waals surface area contributed by atoms with Crippen molar-refractivity contribution in [3.05, 3.63) is 64.6 Å². The standard InChI is InChI=1S/C18H16ClN3/c1-11-10-20-16-9-14(19)8-15(18(16)21-11)13-4-3-12-5-6-22(2)17(12)7-13/h3-6,8-10,17H,7H2,1-2H3. The van der Waals surface area contributed by atoms with Crippen molar-refractivity contribution in [3.8, 4) is 0 Å². The molecule has 1 aromatic carbocycles. The molecule has 110 valence electrons. The van der Waals surface area contributed by atoms with Gasteiger partial charge in [-0.1, -0.05) is 23.8 Å². The van der Waals surface area contributed by atoms with E-state index in [1.54, 1.807) is 6.20 Å². The lowest BCUT2D eigenvalue weighted by molar-refractivity contribution is 0.398. The van der Waals surface area contributed by atoms with Crippen LogP contribution in [0.3, 0.4) is 0 Å². The fourth-order valence-electron chi connectivity index (χ4n) is 3.17. The van der Waals surface area contributed by atoms with E-state index in [2.05, 4.69) is 46.3 Å². The molecule has 0 fully saturated rings. The second-order valence-electron chi connectivity index (χ2n) is 5.89. The molecule has 0 bridgehead atoms. The number of halogens is 1. The molecule has 2 heterocycles. The molecule has 1 aliphatic heterocycles. The lowest BCUT2D eigenvalue weighted by Crippen LogP contribution is -2.25. The average molecular weight is 310 g/mol. The third-order valence-corrected chi connectivity index (χ3v) is 4.57. The molecule has 0 spiro atoms. The highest BCUT2D eigenvalue weighted by molar-refractivity contribution is 6.31. The summed E-state index contributed by atoms with van der Waals surface area (Å²) >= 11 is 6.29.